The molecule has 0 atom stereocenters. The Morgan fingerprint density at radius 2 is 2.00 bits per heavy atom. The van der Waals surface area contributed by atoms with E-state index in [0.717, 1.165) is 11.2 Å². The minimum Gasteiger partial charge on any atom is -0.443 e. The van der Waals surface area contributed by atoms with E-state index in [2.05, 4.69) is 25.6 Å². The van der Waals surface area contributed by atoms with Crippen LogP contribution in [0.5, 0.6) is 0 Å². The number of benzene rings is 1. The summed E-state index contributed by atoms with van der Waals surface area (Å²) in [4.78, 5) is 12.0. The van der Waals surface area contributed by atoms with Gasteiger partial charge in [0, 0.05) is 17.8 Å². The van der Waals surface area contributed by atoms with Crippen LogP contribution < -0.4 is 10.6 Å². The molecule has 7 nitrogen and oxygen atoms in total. The zero-order valence-corrected chi connectivity index (χ0v) is 9.66. The molecular formula is C12H8N6O. The predicted octanol–water partition coefficient (Wildman–Crippen LogP) is 2.25. The van der Waals surface area contributed by atoms with Crippen molar-refractivity contribution in [3.8, 4) is 6.19 Å². The zero-order chi connectivity index (χ0) is 13.1. The Bertz CT molecular complexity index is 760. The van der Waals surface area contributed by atoms with Crippen LogP contribution in [0, 0.1) is 11.5 Å². The molecule has 0 aliphatic heterocycles. The third-order valence-electron chi connectivity index (χ3n) is 2.45. The average molecular weight is 252 g/mol. The van der Waals surface area contributed by atoms with Crippen LogP contribution in [0.3, 0.4) is 0 Å². The van der Waals surface area contributed by atoms with Gasteiger partial charge in [-0.1, -0.05) is 0 Å². The van der Waals surface area contributed by atoms with E-state index in [9.17, 15) is 0 Å². The molecule has 2 aromatic heterocycles. The molecule has 0 bridgehead atoms. The van der Waals surface area contributed by atoms with Gasteiger partial charge in [0.25, 0.3) is 0 Å². The summed E-state index contributed by atoms with van der Waals surface area (Å²) in [5.74, 6) is 1.01. The van der Waals surface area contributed by atoms with Gasteiger partial charge in [0.05, 0.1) is 0 Å². The first kappa shape index (κ1) is 11.0. The molecule has 0 fully saturated rings. The number of oxazole rings is 1. The second-order valence-corrected chi connectivity index (χ2v) is 3.69. The second kappa shape index (κ2) is 4.62. The van der Waals surface area contributed by atoms with Crippen LogP contribution in [0.15, 0.2) is 41.4 Å². The predicted molar refractivity (Wildman–Crippen MR) is 68.6 cm³/mol. The lowest BCUT2D eigenvalue weighted by molar-refractivity contribution is 0.602. The zero-order valence-electron chi connectivity index (χ0n) is 9.66. The third-order valence-corrected chi connectivity index (χ3v) is 2.45. The lowest BCUT2D eigenvalue weighted by Crippen LogP contribution is -1.97. The van der Waals surface area contributed by atoms with Crippen LogP contribution in [0.2, 0.25) is 0 Å². The van der Waals surface area contributed by atoms with Crippen LogP contribution in [0.25, 0.3) is 11.1 Å². The number of nitrogens with zero attached hydrogens (tertiary/aromatic N) is 4. The van der Waals surface area contributed by atoms with Crippen molar-refractivity contribution in [3.05, 3.63) is 37.0 Å². The van der Waals surface area contributed by atoms with Gasteiger partial charge >= 0.3 is 0 Å². The van der Waals surface area contributed by atoms with Gasteiger partial charge in [0.2, 0.25) is 0 Å². The van der Waals surface area contributed by atoms with Crippen molar-refractivity contribution < 1.29 is 4.42 Å². The summed E-state index contributed by atoms with van der Waals surface area (Å²) in [7, 11) is 0. The maximum absolute atomic E-state index is 8.53. The summed E-state index contributed by atoms with van der Waals surface area (Å²) in [6, 6.07) is 7.16. The van der Waals surface area contributed by atoms with E-state index < -0.39 is 0 Å². The summed E-state index contributed by atoms with van der Waals surface area (Å²) >= 11 is 0. The fourth-order valence-corrected chi connectivity index (χ4v) is 1.63. The maximum Gasteiger partial charge on any atom is 0.182 e. The summed E-state index contributed by atoms with van der Waals surface area (Å²) in [5.41, 5.74) is 2.29. The fourth-order valence-electron chi connectivity index (χ4n) is 1.63. The molecule has 0 unspecified atom stereocenters. The number of hydrogen-bond donors (Lipinski definition) is 2. The first-order chi connectivity index (χ1) is 9.35. The highest BCUT2D eigenvalue weighted by molar-refractivity contribution is 5.78. The highest BCUT2D eigenvalue weighted by atomic mass is 16.3. The van der Waals surface area contributed by atoms with Crippen molar-refractivity contribution in [2.45, 2.75) is 0 Å². The number of hydrogen-bond acceptors (Lipinski definition) is 7. The van der Waals surface area contributed by atoms with E-state index >= 15 is 0 Å². The van der Waals surface area contributed by atoms with Crippen LogP contribution in [-0.4, -0.2) is 15.0 Å². The number of aromatic nitrogens is 3. The largest absolute Gasteiger partial charge is 0.443 e. The van der Waals surface area contributed by atoms with E-state index in [4.69, 9.17) is 9.68 Å². The Kier molecular flexibility index (Phi) is 2.67. The van der Waals surface area contributed by atoms with Crippen molar-refractivity contribution in [1.82, 2.24) is 15.0 Å². The maximum atomic E-state index is 8.53. The average Bonchev–Trinajstić information content (AvgIpc) is 2.87. The molecule has 0 spiro atoms. The number of anilines is 3. The quantitative estimate of drug-likeness (QED) is 0.544. The summed E-state index contributed by atoms with van der Waals surface area (Å²) < 4.78 is 5.22. The summed E-state index contributed by atoms with van der Waals surface area (Å²) in [5, 5.41) is 14.1. The van der Waals surface area contributed by atoms with E-state index in [1.807, 2.05) is 18.2 Å². The SMILES string of the molecule is N#CNc1cc(Nc2ccc3ncoc3c2)ncn1. The first-order valence-corrected chi connectivity index (χ1v) is 5.42. The molecule has 0 aliphatic rings. The highest BCUT2D eigenvalue weighted by Crippen LogP contribution is 2.21. The molecule has 1 aromatic carbocycles. The molecule has 3 aromatic rings. The molecule has 0 saturated carbocycles. The van der Waals surface area contributed by atoms with Crippen LogP contribution >= 0.6 is 0 Å². The molecule has 2 heterocycles. The van der Waals surface area contributed by atoms with Gasteiger partial charge in [-0.3, -0.25) is 5.32 Å². The third kappa shape index (κ3) is 2.28. The number of nitrogens with one attached hydrogen (secondary N) is 2. The van der Waals surface area contributed by atoms with Crippen molar-refractivity contribution >= 4 is 28.4 Å². The summed E-state index contributed by atoms with van der Waals surface area (Å²) in [6.45, 7) is 0. The molecule has 0 radical (unpaired) electrons. The number of nitriles is 1. The van der Waals surface area contributed by atoms with E-state index in [0.29, 0.717) is 17.2 Å². The van der Waals surface area contributed by atoms with Gasteiger partial charge in [0.15, 0.2) is 18.2 Å². The number of rotatable bonds is 3. The van der Waals surface area contributed by atoms with Crippen molar-refractivity contribution in [3.63, 3.8) is 0 Å². The van der Waals surface area contributed by atoms with E-state index in [1.54, 1.807) is 12.3 Å². The Hall–Kier alpha value is -3.14. The van der Waals surface area contributed by atoms with Gasteiger partial charge in [-0.15, -0.1) is 0 Å². The van der Waals surface area contributed by atoms with Gasteiger partial charge in [-0.05, 0) is 12.1 Å². The van der Waals surface area contributed by atoms with Crippen LogP contribution in [-0.2, 0) is 0 Å². The molecule has 7 heteroatoms. The second-order valence-electron chi connectivity index (χ2n) is 3.69. The Morgan fingerprint density at radius 3 is 2.89 bits per heavy atom. The van der Waals surface area contributed by atoms with Gasteiger partial charge in [-0.25, -0.2) is 15.0 Å². The fraction of sp³-hybridized carbons (Fsp3) is 0. The molecular weight excluding hydrogens is 244 g/mol. The van der Waals surface area contributed by atoms with Gasteiger partial charge in [0.1, 0.15) is 23.5 Å². The Morgan fingerprint density at radius 1 is 1.11 bits per heavy atom. The highest BCUT2D eigenvalue weighted by Gasteiger charge is 2.02. The van der Waals surface area contributed by atoms with Crippen molar-refractivity contribution in [2.24, 2.45) is 0 Å². The minimum atomic E-state index is 0.431. The molecule has 0 saturated heterocycles. The Balaban J connectivity index is 1.87. The lowest BCUT2D eigenvalue weighted by Gasteiger charge is -2.05. The molecule has 0 aliphatic carbocycles. The van der Waals surface area contributed by atoms with Gasteiger partial charge in [-0.2, -0.15) is 5.26 Å². The molecule has 2 N–H and O–H groups in total. The normalized spacial score (nSPS) is 10.1. The Labute approximate surface area is 107 Å². The topological polar surface area (TPSA) is 99.7 Å². The van der Waals surface area contributed by atoms with Crippen LogP contribution in [0.4, 0.5) is 17.3 Å². The first-order valence-electron chi connectivity index (χ1n) is 5.42. The molecule has 3 rings (SSSR count). The van der Waals surface area contributed by atoms with Crippen LogP contribution in [0.1, 0.15) is 0 Å². The lowest BCUT2D eigenvalue weighted by atomic mass is 10.3. The summed E-state index contributed by atoms with van der Waals surface area (Å²) in [6.07, 6.45) is 4.57. The molecule has 0 amide bonds. The minimum absolute atomic E-state index is 0.431. The van der Waals surface area contributed by atoms with Crippen molar-refractivity contribution in [2.75, 3.05) is 10.6 Å². The van der Waals surface area contributed by atoms with Gasteiger partial charge < -0.3 is 9.73 Å². The van der Waals surface area contributed by atoms with Crippen molar-refractivity contribution in [1.29, 1.82) is 5.26 Å². The smallest absolute Gasteiger partial charge is 0.182 e. The van der Waals surface area contributed by atoms with E-state index in [-0.39, 0.29) is 0 Å². The number of fused-ring (bicyclic) bond motifs is 1. The monoisotopic (exact) mass is 252 g/mol. The standard InChI is InChI=1S/C12H8N6O/c13-5-14-11-4-12(16-6-15-11)18-8-1-2-9-10(3-8)19-7-17-9/h1-4,6-7H,(H2,14,15,16,18). The molecule has 19 heavy (non-hydrogen) atoms. The van der Waals surface area contributed by atoms with E-state index in [1.165, 1.54) is 12.7 Å². The molecule has 92 valence electrons.